The molecule has 1 aromatic rings. The summed E-state index contributed by atoms with van der Waals surface area (Å²) in [5.74, 6) is -2.41. The number of carbonyl (C=O) groups is 6. The molecule has 0 radical (unpaired) electrons. The molecule has 0 aromatic heterocycles. The number of anilines is 1. The monoisotopic (exact) mass is 588 g/mol. The van der Waals surface area contributed by atoms with Crippen molar-refractivity contribution in [1.82, 2.24) is 15.5 Å². The molecule has 1 fully saturated rings. The lowest BCUT2D eigenvalue weighted by Crippen LogP contribution is -2.54. The van der Waals surface area contributed by atoms with E-state index in [-0.39, 0.29) is 43.1 Å². The number of ether oxygens (including phenoxy) is 1. The van der Waals surface area contributed by atoms with Crippen molar-refractivity contribution in [1.29, 1.82) is 0 Å². The molecule has 42 heavy (non-hydrogen) atoms. The molecule has 5 amide bonds. The van der Waals surface area contributed by atoms with E-state index in [1.54, 1.807) is 24.3 Å². The van der Waals surface area contributed by atoms with Gasteiger partial charge in [0.05, 0.1) is 6.61 Å². The molecule has 0 bridgehead atoms. The van der Waals surface area contributed by atoms with Crippen LogP contribution in [0.3, 0.4) is 0 Å². The number of carbonyl (C=O) groups excluding carboxylic acids is 6. The first-order valence-corrected chi connectivity index (χ1v) is 14.5. The van der Waals surface area contributed by atoms with Gasteiger partial charge in [-0.2, -0.15) is 0 Å². The first-order chi connectivity index (χ1) is 19.9. The Balaban J connectivity index is 1.82. The van der Waals surface area contributed by atoms with E-state index in [1.807, 2.05) is 20.8 Å². The van der Waals surface area contributed by atoms with E-state index in [4.69, 9.17) is 4.74 Å². The van der Waals surface area contributed by atoms with E-state index in [9.17, 15) is 33.9 Å². The summed E-state index contributed by atoms with van der Waals surface area (Å²) in [5.41, 5.74) is 1.24. The minimum Gasteiger partial charge on any atom is -0.461 e. The van der Waals surface area contributed by atoms with Crippen LogP contribution in [0.15, 0.2) is 24.3 Å². The molecule has 12 nitrogen and oxygen atoms in total. The number of imide groups is 1. The first-order valence-electron chi connectivity index (χ1n) is 14.5. The van der Waals surface area contributed by atoms with Gasteiger partial charge in [-0.05, 0) is 49.3 Å². The zero-order valence-corrected chi connectivity index (χ0v) is 24.9. The van der Waals surface area contributed by atoms with Crippen molar-refractivity contribution in [3.8, 4) is 0 Å². The van der Waals surface area contributed by atoms with E-state index >= 15 is 0 Å². The lowest BCUT2D eigenvalue weighted by atomic mass is 10.0. The van der Waals surface area contributed by atoms with Gasteiger partial charge in [0.15, 0.2) is 0 Å². The van der Waals surface area contributed by atoms with Gasteiger partial charge in [0, 0.05) is 37.9 Å². The van der Waals surface area contributed by atoms with Crippen molar-refractivity contribution in [2.45, 2.75) is 91.3 Å². The number of aliphatic hydroxyl groups excluding tert-OH is 1. The molecule has 2 rings (SSSR count). The number of rotatable bonds is 17. The third-order valence-corrected chi connectivity index (χ3v) is 6.95. The fourth-order valence-corrected chi connectivity index (χ4v) is 4.57. The summed E-state index contributed by atoms with van der Waals surface area (Å²) in [6, 6.07) is 4.59. The van der Waals surface area contributed by atoms with E-state index in [2.05, 4.69) is 16.0 Å². The normalized spacial score (nSPS) is 16.2. The Morgan fingerprint density at radius 3 is 2.26 bits per heavy atom. The largest absolute Gasteiger partial charge is 0.461 e. The van der Waals surface area contributed by atoms with Crippen molar-refractivity contribution in [2.75, 3.05) is 18.5 Å². The number of aliphatic hydroxyl groups is 1. The number of hydrogen-bond acceptors (Lipinski definition) is 8. The summed E-state index contributed by atoms with van der Waals surface area (Å²) in [4.78, 5) is 74.8. The highest BCUT2D eigenvalue weighted by Gasteiger charge is 2.36. The third kappa shape index (κ3) is 11.2. The zero-order valence-electron chi connectivity index (χ0n) is 24.9. The van der Waals surface area contributed by atoms with Crippen LogP contribution in [0.2, 0.25) is 0 Å². The predicted molar refractivity (Wildman–Crippen MR) is 155 cm³/mol. The fraction of sp³-hybridized carbons (Fsp3) is 0.600. The molecule has 1 aliphatic heterocycles. The van der Waals surface area contributed by atoms with Crippen LogP contribution in [-0.2, 0) is 40.1 Å². The van der Waals surface area contributed by atoms with Gasteiger partial charge in [0.1, 0.15) is 18.7 Å². The van der Waals surface area contributed by atoms with Gasteiger partial charge in [-0.1, -0.05) is 39.3 Å². The van der Waals surface area contributed by atoms with Gasteiger partial charge < -0.3 is 25.8 Å². The fourth-order valence-electron chi connectivity index (χ4n) is 4.57. The molecule has 1 aliphatic rings. The lowest BCUT2D eigenvalue weighted by molar-refractivity contribution is -0.142. The Hall–Kier alpha value is -3.80. The summed E-state index contributed by atoms with van der Waals surface area (Å²) in [6.07, 6.45) is 3.00. The molecule has 1 heterocycles. The molecule has 0 spiro atoms. The van der Waals surface area contributed by atoms with E-state index in [1.165, 1.54) is 11.8 Å². The second-order valence-corrected chi connectivity index (χ2v) is 11.0. The molecule has 4 N–H and O–H groups in total. The minimum atomic E-state index is -1.23. The Morgan fingerprint density at radius 2 is 1.69 bits per heavy atom. The molecule has 1 aromatic carbocycles. The van der Waals surface area contributed by atoms with Crippen LogP contribution in [-0.4, -0.2) is 70.7 Å². The van der Waals surface area contributed by atoms with Crippen LogP contribution in [0.25, 0.3) is 0 Å². The Labute approximate surface area is 246 Å². The van der Waals surface area contributed by atoms with Crippen molar-refractivity contribution >= 4 is 41.2 Å². The quantitative estimate of drug-likeness (QED) is 0.122. The molecule has 1 saturated heterocycles. The molecule has 1 unspecified atom stereocenters. The smallest absolute Gasteiger partial charge is 0.302 e. The SMILES string of the molecule is CCC1CC(=O)N(CCCCCC(=O)N[C@@H](CO)C(=O)N[C@@H](CC(C)C)C(=O)Nc2ccc(COC(C)=O)cc2)C1=O. The third-order valence-electron chi connectivity index (χ3n) is 6.95. The highest BCUT2D eigenvalue weighted by molar-refractivity contribution is 6.03. The van der Waals surface area contributed by atoms with Gasteiger partial charge >= 0.3 is 5.97 Å². The topological polar surface area (TPSA) is 171 Å². The van der Waals surface area contributed by atoms with Crippen LogP contribution in [0, 0.1) is 11.8 Å². The van der Waals surface area contributed by atoms with Gasteiger partial charge in [-0.3, -0.25) is 33.7 Å². The number of nitrogens with one attached hydrogen (secondary N) is 3. The highest BCUT2D eigenvalue weighted by atomic mass is 16.5. The van der Waals surface area contributed by atoms with Crippen LogP contribution in [0.5, 0.6) is 0 Å². The Bertz CT molecular complexity index is 1110. The molecule has 12 heteroatoms. The maximum Gasteiger partial charge on any atom is 0.302 e. The standard InChI is InChI=1S/C30H44N4O8/c1-5-22-16-27(38)34(30(22)41)14-8-6-7-9-26(37)32-25(17-35)29(40)33-24(15-19(2)3)28(39)31-23-12-10-21(11-13-23)18-42-20(4)36/h10-13,19,22,24-25,35H,5-9,14-18H2,1-4H3,(H,31,39)(H,32,37)(H,33,40)/t22?,24-,25-/m0/s1. The summed E-state index contributed by atoms with van der Waals surface area (Å²) < 4.78 is 4.95. The van der Waals surface area contributed by atoms with Crippen LogP contribution in [0.4, 0.5) is 5.69 Å². The Kier molecular flexibility index (Phi) is 14.1. The zero-order chi connectivity index (χ0) is 31.2. The summed E-state index contributed by atoms with van der Waals surface area (Å²) in [6.45, 7) is 6.80. The number of amides is 5. The molecular formula is C30H44N4O8. The maximum atomic E-state index is 13.0. The second kappa shape index (κ2) is 17.2. The van der Waals surface area contributed by atoms with E-state index in [0.717, 1.165) is 5.56 Å². The summed E-state index contributed by atoms with van der Waals surface area (Å²) >= 11 is 0. The summed E-state index contributed by atoms with van der Waals surface area (Å²) in [5, 5.41) is 17.7. The minimum absolute atomic E-state index is 0.0633. The number of hydrogen-bond donors (Lipinski definition) is 4. The van der Waals surface area contributed by atoms with Crippen molar-refractivity contribution in [3.63, 3.8) is 0 Å². The molecule has 0 saturated carbocycles. The van der Waals surface area contributed by atoms with Gasteiger partial charge in [-0.25, -0.2) is 0 Å². The van der Waals surface area contributed by atoms with Crippen LogP contribution in [0.1, 0.15) is 78.2 Å². The maximum absolute atomic E-state index is 13.0. The number of benzene rings is 1. The second-order valence-electron chi connectivity index (χ2n) is 11.0. The molecular weight excluding hydrogens is 544 g/mol. The van der Waals surface area contributed by atoms with Crippen molar-refractivity contribution < 1.29 is 38.6 Å². The number of unbranched alkanes of at least 4 members (excludes halogenated alkanes) is 2. The van der Waals surface area contributed by atoms with Gasteiger partial charge in [0.25, 0.3) is 0 Å². The number of esters is 1. The summed E-state index contributed by atoms with van der Waals surface area (Å²) in [7, 11) is 0. The average molecular weight is 589 g/mol. The van der Waals surface area contributed by atoms with Gasteiger partial charge in [-0.15, -0.1) is 0 Å². The molecule has 3 atom stereocenters. The van der Waals surface area contributed by atoms with Crippen LogP contribution < -0.4 is 16.0 Å². The highest BCUT2D eigenvalue weighted by Crippen LogP contribution is 2.22. The van der Waals surface area contributed by atoms with E-state index < -0.39 is 42.4 Å². The lowest BCUT2D eigenvalue weighted by Gasteiger charge is -2.23. The Morgan fingerprint density at radius 1 is 1.00 bits per heavy atom. The molecule has 0 aliphatic carbocycles. The average Bonchev–Trinajstić information content (AvgIpc) is 3.22. The first kappa shape index (κ1) is 34.4. The van der Waals surface area contributed by atoms with Crippen molar-refractivity contribution in [2.24, 2.45) is 11.8 Å². The number of nitrogens with zero attached hydrogens (tertiary/aromatic N) is 1. The van der Waals surface area contributed by atoms with Gasteiger partial charge in [0.2, 0.25) is 29.5 Å². The predicted octanol–water partition coefficient (Wildman–Crippen LogP) is 2.04. The number of likely N-dealkylation sites (tertiary alicyclic amines) is 1. The van der Waals surface area contributed by atoms with Crippen molar-refractivity contribution in [3.05, 3.63) is 29.8 Å². The van der Waals surface area contributed by atoms with Crippen LogP contribution >= 0.6 is 0 Å². The van der Waals surface area contributed by atoms with E-state index in [0.29, 0.717) is 44.3 Å². The molecule has 232 valence electrons.